The van der Waals surface area contributed by atoms with E-state index < -0.39 is 0 Å². The molecule has 4 N–H and O–H groups in total. The average Bonchev–Trinajstić information content (AvgIpc) is 3.18. The number of rotatable bonds is 6. The summed E-state index contributed by atoms with van der Waals surface area (Å²) in [6, 6.07) is 0.331. The smallest absolute Gasteiger partial charge is 0.169 e. The highest BCUT2D eigenvalue weighted by molar-refractivity contribution is 5.60. The SMILES string of the molecule is OC[C@H]1C=C[C@@H](Nc2nccnc2N[C@@H]2C=C[C@H](CO)C2)C1. The minimum atomic E-state index is 0.165. The van der Waals surface area contributed by atoms with Crippen LogP contribution in [0, 0.1) is 11.8 Å². The normalized spacial score (nSPS) is 29.9. The number of hydrogen-bond acceptors (Lipinski definition) is 6. The molecule has 1 heterocycles. The van der Waals surface area contributed by atoms with Crippen LogP contribution in [0.15, 0.2) is 36.7 Å². The van der Waals surface area contributed by atoms with Crippen LogP contribution in [0.2, 0.25) is 0 Å². The molecule has 118 valence electrons. The maximum Gasteiger partial charge on any atom is 0.169 e. The van der Waals surface area contributed by atoms with Crippen molar-refractivity contribution in [3.8, 4) is 0 Å². The van der Waals surface area contributed by atoms with E-state index in [1.54, 1.807) is 12.4 Å². The summed E-state index contributed by atoms with van der Waals surface area (Å²) in [4.78, 5) is 8.74. The van der Waals surface area contributed by atoms with E-state index in [-0.39, 0.29) is 37.1 Å². The highest BCUT2D eigenvalue weighted by Gasteiger charge is 2.22. The van der Waals surface area contributed by atoms with Crippen LogP contribution in [0.3, 0.4) is 0 Å². The van der Waals surface area contributed by atoms with Crippen LogP contribution < -0.4 is 10.6 Å². The summed E-state index contributed by atoms with van der Waals surface area (Å²) >= 11 is 0. The summed E-state index contributed by atoms with van der Waals surface area (Å²) in [5, 5.41) is 25.1. The Morgan fingerprint density at radius 1 is 0.818 bits per heavy atom. The van der Waals surface area contributed by atoms with Gasteiger partial charge in [0, 0.05) is 49.5 Å². The Balaban J connectivity index is 1.63. The third-order valence-corrected chi connectivity index (χ3v) is 4.16. The van der Waals surface area contributed by atoms with Crippen LogP contribution in [-0.4, -0.2) is 45.5 Å². The summed E-state index contributed by atoms with van der Waals surface area (Å²) in [7, 11) is 0. The second kappa shape index (κ2) is 6.89. The first-order valence-corrected chi connectivity index (χ1v) is 7.71. The molecule has 0 saturated carbocycles. The van der Waals surface area contributed by atoms with E-state index in [0.717, 1.165) is 24.5 Å². The molecule has 4 atom stereocenters. The molecule has 2 aliphatic carbocycles. The first-order chi connectivity index (χ1) is 10.8. The van der Waals surface area contributed by atoms with Gasteiger partial charge in [-0.15, -0.1) is 0 Å². The maximum atomic E-state index is 9.20. The third-order valence-electron chi connectivity index (χ3n) is 4.16. The standard InChI is InChI=1S/C16H22N4O2/c21-9-11-1-3-13(7-11)19-15-16(18-6-5-17-15)20-14-4-2-12(8-14)10-22/h1-6,11-14,21-22H,7-10H2,(H,17,19)(H,18,20)/t11-,12-,13+,14+/m0/s1. The van der Waals surface area contributed by atoms with E-state index in [9.17, 15) is 10.2 Å². The first-order valence-electron chi connectivity index (χ1n) is 7.71. The number of aliphatic hydroxyl groups is 2. The van der Waals surface area contributed by atoms with Crippen molar-refractivity contribution >= 4 is 11.6 Å². The van der Waals surface area contributed by atoms with Crippen molar-refractivity contribution in [2.45, 2.75) is 24.9 Å². The Bertz CT molecular complexity index is 512. The van der Waals surface area contributed by atoms with Crippen molar-refractivity contribution < 1.29 is 10.2 Å². The number of aliphatic hydroxyl groups excluding tert-OH is 2. The van der Waals surface area contributed by atoms with Gasteiger partial charge in [-0.1, -0.05) is 24.3 Å². The number of anilines is 2. The Morgan fingerprint density at radius 2 is 1.27 bits per heavy atom. The minimum absolute atomic E-state index is 0.165. The van der Waals surface area contributed by atoms with Gasteiger partial charge in [0.05, 0.1) is 0 Å². The lowest BCUT2D eigenvalue weighted by molar-refractivity contribution is 0.250. The fraction of sp³-hybridized carbons (Fsp3) is 0.500. The lowest BCUT2D eigenvalue weighted by Gasteiger charge is -2.18. The maximum absolute atomic E-state index is 9.20. The monoisotopic (exact) mass is 302 g/mol. The van der Waals surface area contributed by atoms with Crippen LogP contribution in [0.25, 0.3) is 0 Å². The molecule has 0 aromatic carbocycles. The summed E-state index contributed by atoms with van der Waals surface area (Å²) in [6.45, 7) is 0.353. The molecule has 6 heteroatoms. The molecule has 0 aliphatic heterocycles. The highest BCUT2D eigenvalue weighted by atomic mass is 16.3. The largest absolute Gasteiger partial charge is 0.396 e. The summed E-state index contributed by atoms with van der Waals surface area (Å²) in [6.07, 6.45) is 13.3. The molecular weight excluding hydrogens is 280 g/mol. The van der Waals surface area contributed by atoms with Crippen LogP contribution in [0.4, 0.5) is 11.6 Å². The molecule has 2 aliphatic rings. The van der Waals surface area contributed by atoms with E-state index in [4.69, 9.17) is 0 Å². The van der Waals surface area contributed by atoms with Crippen LogP contribution in [-0.2, 0) is 0 Å². The first kappa shape index (κ1) is 15.0. The quantitative estimate of drug-likeness (QED) is 0.590. The second-order valence-electron chi connectivity index (χ2n) is 5.88. The van der Waals surface area contributed by atoms with Gasteiger partial charge in [0.15, 0.2) is 11.6 Å². The Hall–Kier alpha value is -1.92. The molecule has 0 spiro atoms. The third kappa shape index (κ3) is 3.45. The molecule has 22 heavy (non-hydrogen) atoms. The minimum Gasteiger partial charge on any atom is -0.396 e. The van der Waals surface area contributed by atoms with Crippen LogP contribution in [0.5, 0.6) is 0 Å². The van der Waals surface area contributed by atoms with Gasteiger partial charge in [-0.3, -0.25) is 0 Å². The van der Waals surface area contributed by atoms with E-state index >= 15 is 0 Å². The molecule has 0 radical (unpaired) electrons. The molecule has 0 fully saturated rings. The van der Waals surface area contributed by atoms with Gasteiger partial charge in [-0.2, -0.15) is 0 Å². The van der Waals surface area contributed by atoms with Gasteiger partial charge >= 0.3 is 0 Å². The second-order valence-corrected chi connectivity index (χ2v) is 5.88. The van der Waals surface area contributed by atoms with Gasteiger partial charge < -0.3 is 20.8 Å². The van der Waals surface area contributed by atoms with Gasteiger partial charge in [-0.05, 0) is 12.8 Å². The molecule has 1 aromatic heterocycles. The van der Waals surface area contributed by atoms with Crippen LogP contribution >= 0.6 is 0 Å². The predicted molar refractivity (Wildman–Crippen MR) is 85.5 cm³/mol. The molecule has 0 saturated heterocycles. The number of aromatic nitrogens is 2. The van der Waals surface area contributed by atoms with E-state index in [2.05, 4.69) is 32.8 Å². The van der Waals surface area contributed by atoms with Gasteiger partial charge in [-0.25, -0.2) is 9.97 Å². The fourth-order valence-corrected chi connectivity index (χ4v) is 2.93. The number of nitrogens with zero attached hydrogens (tertiary/aromatic N) is 2. The number of nitrogens with one attached hydrogen (secondary N) is 2. The Labute approximate surface area is 130 Å². The zero-order valence-corrected chi connectivity index (χ0v) is 12.4. The average molecular weight is 302 g/mol. The summed E-state index contributed by atoms with van der Waals surface area (Å²) in [5.74, 6) is 1.87. The molecule has 0 unspecified atom stereocenters. The van der Waals surface area contributed by atoms with Crippen molar-refractivity contribution in [1.29, 1.82) is 0 Å². The fourth-order valence-electron chi connectivity index (χ4n) is 2.93. The summed E-state index contributed by atoms with van der Waals surface area (Å²) < 4.78 is 0. The Morgan fingerprint density at radius 3 is 1.64 bits per heavy atom. The molecule has 1 aromatic rings. The highest BCUT2D eigenvalue weighted by Crippen LogP contribution is 2.26. The van der Waals surface area contributed by atoms with Gasteiger partial charge in [0.25, 0.3) is 0 Å². The van der Waals surface area contributed by atoms with E-state index in [0.29, 0.717) is 0 Å². The molecule has 3 rings (SSSR count). The van der Waals surface area contributed by atoms with Crippen molar-refractivity contribution in [3.63, 3.8) is 0 Å². The Kier molecular flexibility index (Phi) is 4.70. The van der Waals surface area contributed by atoms with Gasteiger partial charge in [0.2, 0.25) is 0 Å². The topological polar surface area (TPSA) is 90.3 Å². The molecular formula is C16H22N4O2. The summed E-state index contributed by atoms with van der Waals surface area (Å²) in [5.41, 5.74) is 0. The number of hydrogen-bond donors (Lipinski definition) is 4. The van der Waals surface area contributed by atoms with Crippen molar-refractivity contribution in [1.82, 2.24) is 9.97 Å². The zero-order valence-electron chi connectivity index (χ0n) is 12.4. The van der Waals surface area contributed by atoms with Crippen LogP contribution in [0.1, 0.15) is 12.8 Å². The molecule has 6 nitrogen and oxygen atoms in total. The van der Waals surface area contributed by atoms with Crippen molar-refractivity contribution in [3.05, 3.63) is 36.7 Å². The molecule has 0 bridgehead atoms. The lowest BCUT2D eigenvalue weighted by Crippen LogP contribution is -2.22. The predicted octanol–water partition coefficient (Wildman–Crippen LogP) is 1.17. The van der Waals surface area contributed by atoms with Crippen molar-refractivity contribution in [2.24, 2.45) is 11.8 Å². The zero-order chi connectivity index (χ0) is 15.4. The lowest BCUT2D eigenvalue weighted by atomic mass is 10.1. The van der Waals surface area contributed by atoms with E-state index in [1.807, 2.05) is 12.2 Å². The molecule has 0 amide bonds. The van der Waals surface area contributed by atoms with E-state index in [1.165, 1.54) is 0 Å². The van der Waals surface area contributed by atoms with Gasteiger partial charge in [0.1, 0.15) is 0 Å². The van der Waals surface area contributed by atoms with Crippen molar-refractivity contribution in [2.75, 3.05) is 23.8 Å².